The summed E-state index contributed by atoms with van der Waals surface area (Å²) in [7, 11) is 0. The quantitative estimate of drug-likeness (QED) is 0.863. The fourth-order valence-corrected chi connectivity index (χ4v) is 3.09. The Balaban J connectivity index is 1.48. The number of likely N-dealkylation sites (tertiary alicyclic amines) is 1. The molecule has 0 amide bonds. The van der Waals surface area contributed by atoms with E-state index in [1.54, 1.807) is 5.38 Å². The van der Waals surface area contributed by atoms with Crippen molar-refractivity contribution in [2.75, 3.05) is 19.6 Å². The lowest BCUT2D eigenvalue weighted by Crippen LogP contribution is -2.48. The van der Waals surface area contributed by atoms with Gasteiger partial charge in [0.15, 0.2) is 5.69 Å². The summed E-state index contributed by atoms with van der Waals surface area (Å²) in [5.41, 5.74) is 0.886. The predicted octanol–water partition coefficient (Wildman–Crippen LogP) is 1.48. The minimum absolute atomic E-state index is 0.183. The monoisotopic (exact) mass is 238 g/mol. The summed E-state index contributed by atoms with van der Waals surface area (Å²) in [6, 6.07) is 0. The van der Waals surface area contributed by atoms with Crippen LogP contribution in [0.3, 0.4) is 0 Å². The maximum absolute atomic E-state index is 10.6. The average molecular weight is 238 g/mol. The first kappa shape index (κ1) is 10.2. The van der Waals surface area contributed by atoms with E-state index >= 15 is 0 Å². The third kappa shape index (κ3) is 1.85. The van der Waals surface area contributed by atoms with Crippen LogP contribution in [-0.2, 0) is 6.42 Å². The van der Waals surface area contributed by atoms with Gasteiger partial charge in [-0.1, -0.05) is 0 Å². The maximum atomic E-state index is 10.6. The van der Waals surface area contributed by atoms with Crippen LogP contribution in [0.15, 0.2) is 5.38 Å². The fourth-order valence-electron chi connectivity index (χ4n) is 2.33. The normalized spacial score (nSPS) is 22.0. The minimum Gasteiger partial charge on any atom is -0.476 e. The molecule has 1 aromatic rings. The van der Waals surface area contributed by atoms with Crippen molar-refractivity contribution in [1.82, 2.24) is 9.88 Å². The van der Waals surface area contributed by atoms with Crippen molar-refractivity contribution in [2.24, 2.45) is 5.41 Å². The molecule has 16 heavy (non-hydrogen) atoms. The Hall–Kier alpha value is -0.940. The lowest BCUT2D eigenvalue weighted by molar-refractivity contribution is 0.0691. The summed E-state index contributed by atoms with van der Waals surface area (Å²) >= 11 is 1.45. The van der Waals surface area contributed by atoms with Crippen LogP contribution < -0.4 is 0 Å². The number of thiazole rings is 1. The standard InChI is InChI=1S/C11H14N2O2S/c14-10(15)8-5-16-9(12-8)1-4-13-6-11(7-13)2-3-11/h5H,1-4,6-7H2,(H,14,15). The highest BCUT2D eigenvalue weighted by Gasteiger charge is 2.51. The summed E-state index contributed by atoms with van der Waals surface area (Å²) in [6.07, 6.45) is 3.70. The van der Waals surface area contributed by atoms with E-state index in [0.29, 0.717) is 5.41 Å². The molecule has 0 radical (unpaired) electrons. The van der Waals surface area contributed by atoms with E-state index < -0.39 is 5.97 Å². The Morgan fingerprint density at radius 2 is 2.31 bits per heavy atom. The van der Waals surface area contributed by atoms with E-state index in [1.165, 1.54) is 37.3 Å². The van der Waals surface area contributed by atoms with Crippen molar-refractivity contribution in [3.63, 3.8) is 0 Å². The van der Waals surface area contributed by atoms with Crippen molar-refractivity contribution in [2.45, 2.75) is 19.3 Å². The van der Waals surface area contributed by atoms with Gasteiger partial charge in [-0.05, 0) is 18.3 Å². The minimum atomic E-state index is -0.927. The number of carboxylic acids is 1. The van der Waals surface area contributed by atoms with Gasteiger partial charge in [0.2, 0.25) is 0 Å². The second-order valence-corrected chi connectivity index (χ2v) is 5.83. The van der Waals surface area contributed by atoms with Crippen molar-refractivity contribution in [1.29, 1.82) is 0 Å². The molecule has 1 saturated carbocycles. The molecule has 0 atom stereocenters. The number of aromatic carboxylic acids is 1. The topological polar surface area (TPSA) is 53.4 Å². The van der Waals surface area contributed by atoms with E-state index in [1.807, 2.05) is 0 Å². The molecule has 5 heteroatoms. The van der Waals surface area contributed by atoms with Crippen LogP contribution in [-0.4, -0.2) is 40.6 Å². The number of rotatable bonds is 4. The highest BCUT2D eigenvalue weighted by molar-refractivity contribution is 7.09. The lowest BCUT2D eigenvalue weighted by Gasteiger charge is -2.39. The molecular formula is C11H14N2O2S. The van der Waals surface area contributed by atoms with E-state index in [0.717, 1.165) is 18.0 Å². The Labute approximate surface area is 97.9 Å². The average Bonchev–Trinajstić information content (AvgIpc) is 2.84. The zero-order chi connectivity index (χ0) is 11.2. The van der Waals surface area contributed by atoms with Gasteiger partial charge in [-0.3, -0.25) is 0 Å². The van der Waals surface area contributed by atoms with E-state index in [2.05, 4.69) is 9.88 Å². The Morgan fingerprint density at radius 1 is 1.56 bits per heavy atom. The van der Waals surface area contributed by atoms with Gasteiger partial charge in [0.05, 0.1) is 5.01 Å². The first-order valence-electron chi connectivity index (χ1n) is 5.57. The molecule has 1 aliphatic heterocycles. The summed E-state index contributed by atoms with van der Waals surface area (Å²) in [5, 5.41) is 11.3. The number of carboxylic acid groups (broad SMARTS) is 1. The van der Waals surface area contributed by atoms with Crippen LogP contribution in [0.5, 0.6) is 0 Å². The Morgan fingerprint density at radius 3 is 2.88 bits per heavy atom. The van der Waals surface area contributed by atoms with Gasteiger partial charge in [-0.15, -0.1) is 11.3 Å². The number of carbonyl (C=O) groups is 1. The third-order valence-electron chi connectivity index (χ3n) is 3.49. The zero-order valence-corrected chi connectivity index (χ0v) is 9.79. The summed E-state index contributed by atoms with van der Waals surface area (Å²) < 4.78 is 0. The molecule has 1 saturated heterocycles. The number of hydrogen-bond acceptors (Lipinski definition) is 4. The predicted molar refractivity (Wildman–Crippen MR) is 60.9 cm³/mol. The fraction of sp³-hybridized carbons (Fsp3) is 0.636. The smallest absolute Gasteiger partial charge is 0.355 e. The highest BCUT2D eigenvalue weighted by atomic mass is 32.1. The SMILES string of the molecule is O=C(O)c1csc(CCN2CC3(CC3)C2)n1. The van der Waals surface area contributed by atoms with Crippen molar-refractivity contribution >= 4 is 17.3 Å². The molecule has 2 aliphatic rings. The van der Waals surface area contributed by atoms with Gasteiger partial charge >= 0.3 is 5.97 Å². The van der Waals surface area contributed by atoms with E-state index in [9.17, 15) is 4.79 Å². The lowest BCUT2D eigenvalue weighted by atomic mass is 9.97. The van der Waals surface area contributed by atoms with Gasteiger partial charge in [0.25, 0.3) is 0 Å². The van der Waals surface area contributed by atoms with Crippen LogP contribution in [0, 0.1) is 5.41 Å². The van der Waals surface area contributed by atoms with Gasteiger partial charge < -0.3 is 10.0 Å². The molecule has 1 aliphatic carbocycles. The molecule has 0 unspecified atom stereocenters. The molecule has 0 bridgehead atoms. The Bertz CT molecular complexity index is 417. The van der Waals surface area contributed by atoms with Gasteiger partial charge in [-0.25, -0.2) is 9.78 Å². The molecule has 1 spiro atoms. The van der Waals surface area contributed by atoms with Crippen LogP contribution in [0.25, 0.3) is 0 Å². The second-order valence-electron chi connectivity index (χ2n) is 4.89. The van der Waals surface area contributed by atoms with E-state index in [4.69, 9.17) is 5.11 Å². The van der Waals surface area contributed by atoms with E-state index in [-0.39, 0.29) is 5.69 Å². The second kappa shape index (κ2) is 3.53. The molecule has 4 nitrogen and oxygen atoms in total. The number of aromatic nitrogens is 1. The number of hydrogen-bond donors (Lipinski definition) is 1. The highest BCUT2D eigenvalue weighted by Crippen LogP contribution is 2.52. The van der Waals surface area contributed by atoms with Crippen molar-refractivity contribution in [3.05, 3.63) is 16.1 Å². The molecule has 0 aromatic carbocycles. The summed E-state index contributed by atoms with van der Waals surface area (Å²) in [5.74, 6) is -0.927. The molecule has 1 aromatic heterocycles. The van der Waals surface area contributed by atoms with Crippen molar-refractivity contribution in [3.8, 4) is 0 Å². The molecule has 1 N–H and O–H groups in total. The maximum Gasteiger partial charge on any atom is 0.355 e. The summed E-state index contributed by atoms with van der Waals surface area (Å²) in [6.45, 7) is 3.50. The molecule has 86 valence electrons. The number of nitrogens with zero attached hydrogens (tertiary/aromatic N) is 2. The first-order valence-corrected chi connectivity index (χ1v) is 6.45. The van der Waals surface area contributed by atoms with Crippen molar-refractivity contribution < 1.29 is 9.90 Å². The molecule has 2 heterocycles. The first-order chi connectivity index (χ1) is 7.67. The van der Waals surface area contributed by atoms with Gasteiger partial charge in [0, 0.05) is 31.4 Å². The Kier molecular flexibility index (Phi) is 2.26. The molecule has 3 rings (SSSR count). The van der Waals surface area contributed by atoms with Crippen LogP contribution in [0.2, 0.25) is 0 Å². The third-order valence-corrected chi connectivity index (χ3v) is 4.40. The summed E-state index contributed by atoms with van der Waals surface area (Å²) in [4.78, 5) is 17.2. The molecule has 2 fully saturated rings. The molecular weight excluding hydrogens is 224 g/mol. The largest absolute Gasteiger partial charge is 0.476 e. The van der Waals surface area contributed by atoms with Crippen LogP contribution in [0.4, 0.5) is 0 Å². The van der Waals surface area contributed by atoms with Gasteiger partial charge in [0.1, 0.15) is 0 Å². The zero-order valence-electron chi connectivity index (χ0n) is 8.98. The van der Waals surface area contributed by atoms with Crippen LogP contribution in [0.1, 0.15) is 28.3 Å². The van der Waals surface area contributed by atoms with Gasteiger partial charge in [-0.2, -0.15) is 0 Å². The van der Waals surface area contributed by atoms with Crippen LogP contribution >= 0.6 is 11.3 Å².